The van der Waals surface area contributed by atoms with Crippen LogP contribution in [-0.2, 0) is 4.79 Å². The van der Waals surface area contributed by atoms with E-state index in [1.807, 2.05) is 6.08 Å². The second-order valence-electron chi connectivity index (χ2n) is 20.1. The molecule has 0 radical (unpaired) electrons. The maximum Gasteiger partial charge on any atom is 0.220 e. The summed E-state index contributed by atoms with van der Waals surface area (Å²) in [6.45, 7) is 4.31. The quantitative estimate of drug-likeness (QED) is 0.0420. The Bertz CT molecular complexity index is 1090. The van der Waals surface area contributed by atoms with E-state index >= 15 is 0 Å². The Balaban J connectivity index is 3.53. The lowest BCUT2D eigenvalue weighted by molar-refractivity contribution is -0.123. The summed E-state index contributed by atoms with van der Waals surface area (Å²) in [5, 5.41) is 23.2. The van der Waals surface area contributed by atoms with Crippen molar-refractivity contribution < 1.29 is 15.0 Å². The highest BCUT2D eigenvalue weighted by Gasteiger charge is 2.18. The van der Waals surface area contributed by atoms with Gasteiger partial charge in [-0.15, -0.1) is 0 Å². The van der Waals surface area contributed by atoms with Gasteiger partial charge in [-0.3, -0.25) is 4.79 Å². The fraction of sp³-hybridized carbons (Fsp3) is 0.823. The molecule has 386 valence electrons. The third-order valence-electron chi connectivity index (χ3n) is 13.5. The summed E-state index contributed by atoms with van der Waals surface area (Å²) in [5.74, 6) is -0.0738. The lowest BCUT2D eigenvalue weighted by atomic mass is 10.0. The number of amides is 1. The number of hydrogen-bond donors (Lipinski definition) is 3. The number of carbonyl (C=O) groups excluding carboxylic acids is 1. The Morgan fingerprint density at radius 1 is 0.364 bits per heavy atom. The van der Waals surface area contributed by atoms with E-state index in [0.717, 1.165) is 44.9 Å². The van der Waals surface area contributed by atoms with Crippen LogP contribution < -0.4 is 5.32 Å². The number of hydrogen-bond acceptors (Lipinski definition) is 3. The highest BCUT2D eigenvalue weighted by molar-refractivity contribution is 5.76. The molecule has 3 N–H and O–H groups in total. The molecule has 0 aliphatic heterocycles. The third kappa shape index (κ3) is 53.1. The molecule has 2 unspecified atom stereocenters. The third-order valence-corrected chi connectivity index (χ3v) is 13.5. The molecule has 1 amide bonds. The molecule has 2 atom stereocenters. The normalized spacial score (nSPS) is 13.2. The molecule has 0 saturated carbocycles. The van der Waals surface area contributed by atoms with E-state index in [1.54, 1.807) is 6.08 Å². The highest BCUT2D eigenvalue weighted by atomic mass is 16.3. The summed E-state index contributed by atoms with van der Waals surface area (Å²) in [6, 6.07) is -0.644. The van der Waals surface area contributed by atoms with Crippen molar-refractivity contribution in [2.45, 2.75) is 321 Å². The van der Waals surface area contributed by atoms with Crippen LogP contribution in [0.1, 0.15) is 309 Å². The first-order valence-electron chi connectivity index (χ1n) is 29.5. The van der Waals surface area contributed by atoms with Gasteiger partial charge in [0.1, 0.15) is 0 Å². The van der Waals surface area contributed by atoms with Crippen molar-refractivity contribution in [3.05, 3.63) is 60.8 Å². The maximum atomic E-state index is 12.5. The fourth-order valence-electron chi connectivity index (χ4n) is 8.97. The molecule has 0 rings (SSSR count). The first-order chi connectivity index (χ1) is 32.7. The highest BCUT2D eigenvalue weighted by Crippen LogP contribution is 2.17. The first-order valence-corrected chi connectivity index (χ1v) is 29.5. The Kier molecular flexibility index (Phi) is 55.7. The van der Waals surface area contributed by atoms with Gasteiger partial charge < -0.3 is 15.5 Å². The summed E-state index contributed by atoms with van der Waals surface area (Å²) in [4.78, 5) is 12.5. The zero-order valence-corrected chi connectivity index (χ0v) is 44.5. The summed E-state index contributed by atoms with van der Waals surface area (Å²) in [6.07, 6.45) is 81.1. The van der Waals surface area contributed by atoms with E-state index in [0.29, 0.717) is 6.42 Å². The van der Waals surface area contributed by atoms with Crippen molar-refractivity contribution in [3.63, 3.8) is 0 Å². The van der Waals surface area contributed by atoms with Gasteiger partial charge in [0.15, 0.2) is 0 Å². The number of aliphatic hydroxyl groups excluding tert-OH is 2. The number of rotatable bonds is 54. The van der Waals surface area contributed by atoms with Crippen LogP contribution in [-0.4, -0.2) is 34.9 Å². The predicted molar refractivity (Wildman–Crippen MR) is 294 cm³/mol. The van der Waals surface area contributed by atoms with Gasteiger partial charge in [0.25, 0.3) is 0 Å². The van der Waals surface area contributed by atoms with Crippen LogP contribution in [0.25, 0.3) is 0 Å². The monoisotopic (exact) mass is 922 g/mol. The van der Waals surface area contributed by atoms with Crippen molar-refractivity contribution in [1.82, 2.24) is 5.32 Å². The number of unbranched alkanes of at least 4 members (excludes halogenated alkanes) is 39. The lowest BCUT2D eigenvalue weighted by Crippen LogP contribution is -2.45. The van der Waals surface area contributed by atoms with Crippen LogP contribution in [0.5, 0.6) is 0 Å². The van der Waals surface area contributed by atoms with Crippen LogP contribution >= 0.6 is 0 Å². The molecule has 0 fully saturated rings. The molecule has 0 bridgehead atoms. The Hall–Kier alpha value is -1.91. The summed E-state index contributed by atoms with van der Waals surface area (Å²) < 4.78 is 0. The lowest BCUT2D eigenvalue weighted by Gasteiger charge is -2.19. The van der Waals surface area contributed by atoms with E-state index in [4.69, 9.17) is 0 Å². The van der Waals surface area contributed by atoms with Crippen molar-refractivity contribution >= 4 is 5.91 Å². The second-order valence-corrected chi connectivity index (χ2v) is 20.1. The van der Waals surface area contributed by atoms with Gasteiger partial charge in [0.2, 0.25) is 5.91 Å². The van der Waals surface area contributed by atoms with Gasteiger partial charge in [-0.25, -0.2) is 0 Å². The van der Waals surface area contributed by atoms with E-state index in [1.165, 1.54) is 244 Å². The predicted octanol–water partition coefficient (Wildman–Crippen LogP) is 19.6. The van der Waals surface area contributed by atoms with Crippen molar-refractivity contribution in [2.24, 2.45) is 0 Å². The average Bonchev–Trinajstić information content (AvgIpc) is 3.32. The molecule has 0 aliphatic rings. The molecule has 0 aliphatic carbocycles. The first kappa shape index (κ1) is 64.1. The SMILES string of the molecule is CCCCCCC/C=C\C/C=C\C/C=C\CCCCCCCCCCCCCCC(=O)NC(CO)C(O)/C=C/CC/C=C/CCCCCCCCCCCCCCCCCCCCCCC. The molecule has 4 heteroatoms. The fourth-order valence-corrected chi connectivity index (χ4v) is 8.97. The summed E-state index contributed by atoms with van der Waals surface area (Å²) >= 11 is 0. The maximum absolute atomic E-state index is 12.5. The van der Waals surface area contributed by atoms with Crippen molar-refractivity contribution in [2.75, 3.05) is 6.61 Å². The zero-order valence-electron chi connectivity index (χ0n) is 44.5. The van der Waals surface area contributed by atoms with Crippen LogP contribution in [0, 0.1) is 0 Å². The summed E-state index contributed by atoms with van der Waals surface area (Å²) in [7, 11) is 0. The van der Waals surface area contributed by atoms with E-state index in [2.05, 4.69) is 67.8 Å². The van der Waals surface area contributed by atoms with Crippen LogP contribution in [0.2, 0.25) is 0 Å². The van der Waals surface area contributed by atoms with E-state index in [-0.39, 0.29) is 12.5 Å². The van der Waals surface area contributed by atoms with Crippen LogP contribution in [0.3, 0.4) is 0 Å². The minimum atomic E-state index is -0.866. The second kappa shape index (κ2) is 57.4. The van der Waals surface area contributed by atoms with Crippen molar-refractivity contribution in [3.8, 4) is 0 Å². The van der Waals surface area contributed by atoms with Gasteiger partial charge in [-0.2, -0.15) is 0 Å². The number of allylic oxidation sites excluding steroid dienone is 9. The van der Waals surface area contributed by atoms with Crippen LogP contribution in [0.15, 0.2) is 60.8 Å². The Morgan fingerprint density at radius 3 is 0.985 bits per heavy atom. The minimum absolute atomic E-state index is 0.0738. The zero-order chi connectivity index (χ0) is 47.7. The molecule has 0 heterocycles. The average molecular weight is 923 g/mol. The molecule has 0 aromatic heterocycles. The molecule has 0 aromatic rings. The number of aliphatic hydroxyl groups is 2. The number of nitrogens with one attached hydrogen (secondary N) is 1. The molecular weight excluding hydrogens is 807 g/mol. The van der Waals surface area contributed by atoms with Gasteiger partial charge in [-0.1, -0.05) is 293 Å². The molecule has 66 heavy (non-hydrogen) atoms. The summed E-state index contributed by atoms with van der Waals surface area (Å²) in [5.41, 5.74) is 0. The van der Waals surface area contributed by atoms with Gasteiger partial charge in [0, 0.05) is 6.42 Å². The molecule has 0 aromatic carbocycles. The number of carbonyl (C=O) groups is 1. The van der Waals surface area contributed by atoms with Crippen LogP contribution in [0.4, 0.5) is 0 Å². The molecular formula is C62H115NO3. The Morgan fingerprint density at radius 2 is 0.636 bits per heavy atom. The molecule has 4 nitrogen and oxygen atoms in total. The van der Waals surface area contributed by atoms with Crippen molar-refractivity contribution in [1.29, 1.82) is 0 Å². The Labute approximate surface area is 413 Å². The van der Waals surface area contributed by atoms with Gasteiger partial charge in [-0.05, 0) is 70.6 Å². The minimum Gasteiger partial charge on any atom is -0.394 e. The van der Waals surface area contributed by atoms with E-state index < -0.39 is 12.1 Å². The standard InChI is InChI=1S/C62H115NO3/c1-3-5-7-9-11-13-15-17-19-21-23-25-27-29-31-33-35-37-39-41-43-45-47-49-51-53-55-57-61(65)60(59-64)63-62(66)58-56-54-52-50-48-46-44-42-40-38-36-34-32-30-28-26-24-22-20-18-16-14-12-10-8-6-4-2/h16,18,22,24,28,30,47,49,55,57,60-61,64-65H,3-15,17,19-21,23,25-27,29,31-46,48,50-54,56,58-59H2,1-2H3,(H,63,66)/b18-16-,24-22-,30-28-,49-47+,57-55+. The van der Waals surface area contributed by atoms with E-state index in [9.17, 15) is 15.0 Å². The van der Waals surface area contributed by atoms with Gasteiger partial charge >= 0.3 is 0 Å². The topological polar surface area (TPSA) is 69.6 Å². The molecule has 0 spiro atoms. The smallest absolute Gasteiger partial charge is 0.220 e. The molecule has 0 saturated heterocycles. The largest absolute Gasteiger partial charge is 0.394 e. The van der Waals surface area contributed by atoms with Gasteiger partial charge in [0.05, 0.1) is 18.8 Å².